The van der Waals surface area contributed by atoms with Gasteiger partial charge in [-0.15, -0.1) is 0 Å². The maximum Gasteiger partial charge on any atom is 0.131 e. The predicted molar refractivity (Wildman–Crippen MR) is 147 cm³/mol. The zero-order valence-electron chi connectivity index (χ0n) is 20.7. The Kier molecular flexibility index (Phi) is 8.51. The first kappa shape index (κ1) is 25.2. The lowest BCUT2D eigenvalue weighted by atomic mass is 10.0. The predicted octanol–water partition coefficient (Wildman–Crippen LogP) is 8.66. The fourth-order valence-corrected chi connectivity index (χ4v) is 4.17. The van der Waals surface area contributed by atoms with E-state index in [1.165, 1.54) is 35.7 Å². The maximum atomic E-state index is 14.7. The van der Waals surface area contributed by atoms with E-state index in [0.717, 1.165) is 36.8 Å². The second-order valence-corrected chi connectivity index (χ2v) is 8.86. The molecule has 0 aliphatic heterocycles. The van der Waals surface area contributed by atoms with Gasteiger partial charge in [0.2, 0.25) is 0 Å². The monoisotopic (exact) mass is 480 g/mol. The van der Waals surface area contributed by atoms with Crippen LogP contribution < -0.4 is 0 Å². The average Bonchev–Trinajstić information content (AvgIpc) is 2.88. The molecule has 0 atom stereocenters. The number of hydrogen-bond donors (Lipinski definition) is 0. The standard InChI is InChI=1S/C32H30F2N2/c1-3-5-23-7-13-27(14-8-23)29-17-11-25(19-31(29)33)21-35-36-22-26-12-18-30(32(34)20-26)28-15-9-24(6-4-2)10-16-28/h7-22H,3-6H2,1-2H3. The summed E-state index contributed by atoms with van der Waals surface area (Å²) in [5, 5.41) is 8.01. The Balaban J connectivity index is 1.41. The van der Waals surface area contributed by atoms with Gasteiger partial charge in [0.1, 0.15) is 11.6 Å². The van der Waals surface area contributed by atoms with E-state index in [-0.39, 0.29) is 11.6 Å². The summed E-state index contributed by atoms with van der Waals surface area (Å²) in [5.41, 5.74) is 6.49. The summed E-state index contributed by atoms with van der Waals surface area (Å²) in [5.74, 6) is -0.627. The van der Waals surface area contributed by atoms with Gasteiger partial charge < -0.3 is 0 Å². The van der Waals surface area contributed by atoms with Crippen molar-refractivity contribution >= 4 is 12.4 Å². The smallest absolute Gasteiger partial charge is 0.131 e. The zero-order chi connectivity index (χ0) is 25.3. The van der Waals surface area contributed by atoms with Crippen molar-refractivity contribution in [2.45, 2.75) is 39.5 Å². The second kappa shape index (κ2) is 12.2. The van der Waals surface area contributed by atoms with Gasteiger partial charge in [-0.2, -0.15) is 10.2 Å². The van der Waals surface area contributed by atoms with Crippen molar-refractivity contribution in [3.05, 3.63) is 119 Å². The molecule has 0 bridgehead atoms. The summed E-state index contributed by atoms with van der Waals surface area (Å²) < 4.78 is 29.4. The van der Waals surface area contributed by atoms with E-state index in [9.17, 15) is 8.78 Å². The highest BCUT2D eigenvalue weighted by Gasteiger charge is 2.07. The first-order valence-electron chi connectivity index (χ1n) is 12.4. The summed E-state index contributed by atoms with van der Waals surface area (Å²) >= 11 is 0. The van der Waals surface area contributed by atoms with Crippen LogP contribution in [0.15, 0.2) is 95.1 Å². The highest BCUT2D eigenvalue weighted by molar-refractivity contribution is 5.84. The fourth-order valence-electron chi connectivity index (χ4n) is 4.17. The molecule has 4 aromatic carbocycles. The van der Waals surface area contributed by atoms with E-state index >= 15 is 0 Å². The molecule has 0 unspecified atom stereocenters. The molecule has 2 nitrogen and oxygen atoms in total. The highest BCUT2D eigenvalue weighted by Crippen LogP contribution is 2.25. The molecule has 0 fully saturated rings. The van der Waals surface area contributed by atoms with Crippen LogP contribution in [0, 0.1) is 11.6 Å². The molecule has 0 aliphatic carbocycles. The molecule has 4 heteroatoms. The van der Waals surface area contributed by atoms with Crippen molar-refractivity contribution in [2.75, 3.05) is 0 Å². The van der Waals surface area contributed by atoms with E-state index < -0.39 is 0 Å². The number of hydrogen-bond acceptors (Lipinski definition) is 2. The molecular formula is C32H30F2N2. The summed E-state index contributed by atoms with van der Waals surface area (Å²) in [6, 6.07) is 26.0. The number of nitrogens with zero attached hydrogens (tertiary/aromatic N) is 2. The summed E-state index contributed by atoms with van der Waals surface area (Å²) in [6.07, 6.45) is 7.16. The average molecular weight is 481 g/mol. The normalized spacial score (nSPS) is 11.6. The van der Waals surface area contributed by atoms with Crippen LogP contribution in [0.3, 0.4) is 0 Å². The van der Waals surface area contributed by atoms with Crippen molar-refractivity contribution in [1.29, 1.82) is 0 Å². The molecule has 0 saturated heterocycles. The molecule has 4 aromatic rings. The first-order chi connectivity index (χ1) is 17.6. The lowest BCUT2D eigenvalue weighted by molar-refractivity contribution is 0.630. The molecule has 0 N–H and O–H groups in total. The van der Waals surface area contributed by atoms with Crippen LogP contribution in [0.4, 0.5) is 8.78 Å². The minimum atomic E-state index is -0.313. The molecule has 182 valence electrons. The summed E-state index contributed by atoms with van der Waals surface area (Å²) in [6.45, 7) is 4.28. The molecule has 0 aliphatic rings. The van der Waals surface area contributed by atoms with E-state index in [1.807, 2.05) is 48.5 Å². The number of benzene rings is 4. The maximum absolute atomic E-state index is 14.7. The Hall–Kier alpha value is -3.92. The van der Waals surface area contributed by atoms with Gasteiger partial charge in [0.25, 0.3) is 0 Å². The van der Waals surface area contributed by atoms with Crippen molar-refractivity contribution < 1.29 is 8.78 Å². The van der Waals surface area contributed by atoms with E-state index in [4.69, 9.17) is 0 Å². The number of rotatable bonds is 9. The molecule has 36 heavy (non-hydrogen) atoms. The van der Waals surface area contributed by atoms with Crippen LogP contribution in [-0.4, -0.2) is 12.4 Å². The topological polar surface area (TPSA) is 24.7 Å². The van der Waals surface area contributed by atoms with Gasteiger partial charge in [0.05, 0.1) is 12.4 Å². The van der Waals surface area contributed by atoms with Crippen molar-refractivity contribution in [3.8, 4) is 22.3 Å². The summed E-state index contributed by atoms with van der Waals surface area (Å²) in [4.78, 5) is 0. The Morgan fingerprint density at radius 1 is 0.556 bits per heavy atom. The molecule has 0 radical (unpaired) electrons. The minimum Gasteiger partial charge on any atom is -0.206 e. The third kappa shape index (κ3) is 6.39. The lowest BCUT2D eigenvalue weighted by Gasteiger charge is -2.06. The third-order valence-corrected chi connectivity index (χ3v) is 6.07. The van der Waals surface area contributed by atoms with Crippen LogP contribution in [0.2, 0.25) is 0 Å². The molecule has 4 rings (SSSR count). The lowest BCUT2D eigenvalue weighted by Crippen LogP contribution is -1.90. The SMILES string of the molecule is CCCc1ccc(-c2ccc(C=NN=Cc3ccc(-c4ccc(CCC)cc4)c(F)c3)cc2F)cc1. The number of aryl methyl sites for hydroxylation is 2. The van der Waals surface area contributed by atoms with Gasteiger partial charge in [0.15, 0.2) is 0 Å². The largest absolute Gasteiger partial charge is 0.206 e. The van der Waals surface area contributed by atoms with E-state index in [1.54, 1.807) is 24.3 Å². The van der Waals surface area contributed by atoms with E-state index in [2.05, 4.69) is 24.1 Å². The molecule has 0 heterocycles. The Morgan fingerprint density at radius 2 is 0.944 bits per heavy atom. The second-order valence-electron chi connectivity index (χ2n) is 8.86. The van der Waals surface area contributed by atoms with Gasteiger partial charge in [-0.3, -0.25) is 0 Å². The zero-order valence-corrected chi connectivity index (χ0v) is 20.7. The van der Waals surface area contributed by atoms with Gasteiger partial charge in [-0.25, -0.2) is 8.78 Å². The molecule has 0 spiro atoms. The Morgan fingerprint density at radius 3 is 1.28 bits per heavy atom. The van der Waals surface area contributed by atoms with Gasteiger partial charge in [-0.1, -0.05) is 99.5 Å². The van der Waals surface area contributed by atoms with Crippen LogP contribution in [0.5, 0.6) is 0 Å². The van der Waals surface area contributed by atoms with Crippen molar-refractivity contribution in [1.82, 2.24) is 0 Å². The van der Waals surface area contributed by atoms with Crippen molar-refractivity contribution in [2.24, 2.45) is 10.2 Å². The van der Waals surface area contributed by atoms with Gasteiger partial charge >= 0.3 is 0 Å². The molecule has 0 amide bonds. The highest BCUT2D eigenvalue weighted by atomic mass is 19.1. The Bertz CT molecular complexity index is 1250. The van der Waals surface area contributed by atoms with Crippen LogP contribution in [-0.2, 0) is 12.8 Å². The Labute approximate surface area is 212 Å². The number of halogens is 2. The van der Waals surface area contributed by atoms with Crippen LogP contribution >= 0.6 is 0 Å². The quantitative estimate of drug-likeness (QED) is 0.169. The van der Waals surface area contributed by atoms with E-state index in [0.29, 0.717) is 22.3 Å². The molecule has 0 aromatic heterocycles. The fraction of sp³-hybridized carbons (Fsp3) is 0.188. The van der Waals surface area contributed by atoms with Crippen LogP contribution in [0.1, 0.15) is 48.9 Å². The molecule has 0 saturated carbocycles. The minimum absolute atomic E-state index is 0.313. The first-order valence-corrected chi connectivity index (χ1v) is 12.4. The van der Waals surface area contributed by atoms with Gasteiger partial charge in [0, 0.05) is 11.1 Å². The molecular weight excluding hydrogens is 450 g/mol. The van der Waals surface area contributed by atoms with Crippen molar-refractivity contribution in [3.63, 3.8) is 0 Å². The van der Waals surface area contributed by atoms with Gasteiger partial charge in [-0.05, 0) is 58.4 Å². The third-order valence-electron chi connectivity index (χ3n) is 6.07. The van der Waals surface area contributed by atoms with Crippen LogP contribution in [0.25, 0.3) is 22.3 Å². The summed E-state index contributed by atoms with van der Waals surface area (Å²) in [7, 11) is 0.